The van der Waals surface area contributed by atoms with Crippen LogP contribution in [0.3, 0.4) is 0 Å². The summed E-state index contributed by atoms with van der Waals surface area (Å²) in [7, 11) is -12.4. The van der Waals surface area contributed by atoms with Crippen molar-refractivity contribution in [3.8, 4) is 11.5 Å². The van der Waals surface area contributed by atoms with E-state index in [1.165, 1.54) is 13.8 Å². The zero-order valence-electron chi connectivity index (χ0n) is 15.1. The Bertz CT molecular complexity index is 1180. The fraction of sp³-hybridized carbons (Fsp3) is 0.143. The molecule has 30 heavy (non-hydrogen) atoms. The SMILES string of the molecule is Cc1cc(O[P+](=O)Oc2cc(C)c(S(=O)(=O)O)c(N)c2Cl)c(Cl)c(N)c1S(=O)(=O)O. The molecule has 2 rings (SSSR count). The quantitative estimate of drug-likeness (QED) is 0.248. The van der Waals surface area contributed by atoms with Gasteiger partial charge >= 0.3 is 8.25 Å². The average molecular weight is 520 g/mol. The van der Waals surface area contributed by atoms with Crippen LogP contribution in [0.2, 0.25) is 10.0 Å². The number of nitrogen functional groups attached to an aromatic ring is 2. The van der Waals surface area contributed by atoms with E-state index >= 15 is 0 Å². The van der Waals surface area contributed by atoms with Gasteiger partial charge in [0.05, 0.1) is 11.4 Å². The zero-order valence-corrected chi connectivity index (χ0v) is 19.1. The first kappa shape index (κ1) is 24.4. The minimum atomic E-state index is -4.68. The number of nitrogens with two attached hydrogens (primary N) is 2. The van der Waals surface area contributed by atoms with Crippen molar-refractivity contribution in [3.63, 3.8) is 0 Å². The molecule has 0 heterocycles. The van der Waals surface area contributed by atoms with Crippen molar-refractivity contribution >= 4 is 63.1 Å². The highest BCUT2D eigenvalue weighted by Gasteiger charge is 2.32. The second kappa shape index (κ2) is 8.35. The van der Waals surface area contributed by atoms with Gasteiger partial charge in [-0.1, -0.05) is 23.2 Å². The molecular formula is C14H14Cl2N2O9PS2+. The van der Waals surface area contributed by atoms with E-state index in [0.29, 0.717) is 0 Å². The number of aryl methyl sites for hydroxylation is 2. The van der Waals surface area contributed by atoms with Crippen molar-refractivity contribution in [2.45, 2.75) is 23.6 Å². The summed E-state index contributed by atoms with van der Waals surface area (Å²) in [5.41, 5.74) is 10.1. The molecule has 0 fully saturated rings. The van der Waals surface area contributed by atoms with Gasteiger partial charge in [-0.05, 0) is 37.1 Å². The number of hydrogen-bond donors (Lipinski definition) is 4. The molecule has 2 aromatic rings. The van der Waals surface area contributed by atoms with E-state index in [1.807, 2.05) is 0 Å². The van der Waals surface area contributed by atoms with Crippen LogP contribution in [0.1, 0.15) is 11.1 Å². The molecule has 0 atom stereocenters. The normalized spacial score (nSPS) is 11.9. The van der Waals surface area contributed by atoms with Crippen molar-refractivity contribution in [2.75, 3.05) is 11.5 Å². The van der Waals surface area contributed by atoms with Gasteiger partial charge in [-0.15, -0.1) is 0 Å². The third kappa shape index (κ3) is 4.89. The van der Waals surface area contributed by atoms with E-state index in [2.05, 4.69) is 0 Å². The van der Waals surface area contributed by atoms with Crippen molar-refractivity contribution in [1.29, 1.82) is 0 Å². The van der Waals surface area contributed by atoms with E-state index in [4.69, 9.17) is 43.7 Å². The molecule has 0 saturated carbocycles. The number of anilines is 2. The Kier molecular flexibility index (Phi) is 6.79. The average Bonchev–Trinajstić information content (AvgIpc) is 2.54. The molecule has 0 radical (unpaired) electrons. The maximum Gasteiger partial charge on any atom is 0.805 e. The van der Waals surface area contributed by atoms with Crippen LogP contribution in [0.25, 0.3) is 0 Å². The molecule has 0 aromatic heterocycles. The van der Waals surface area contributed by atoms with Gasteiger partial charge < -0.3 is 11.5 Å². The summed E-state index contributed by atoms with van der Waals surface area (Å²) in [5.74, 6) is -0.647. The summed E-state index contributed by atoms with van der Waals surface area (Å²) < 4.78 is 86.4. The van der Waals surface area contributed by atoms with Crippen molar-refractivity contribution in [3.05, 3.63) is 33.3 Å². The second-order valence-electron chi connectivity index (χ2n) is 5.85. The fourth-order valence-corrected chi connectivity index (χ4v) is 5.47. The van der Waals surface area contributed by atoms with Crippen LogP contribution in [0.15, 0.2) is 21.9 Å². The number of halogens is 2. The molecule has 0 unspecified atom stereocenters. The lowest BCUT2D eigenvalue weighted by Gasteiger charge is -2.10. The minimum Gasteiger partial charge on any atom is -0.396 e. The van der Waals surface area contributed by atoms with E-state index in [0.717, 1.165) is 12.1 Å². The molecular weight excluding hydrogens is 506 g/mol. The van der Waals surface area contributed by atoms with E-state index in [9.17, 15) is 30.5 Å². The second-order valence-corrected chi connectivity index (χ2v) is 10.1. The summed E-state index contributed by atoms with van der Waals surface area (Å²) in [4.78, 5) is -1.27. The lowest BCUT2D eigenvalue weighted by Crippen LogP contribution is -2.07. The van der Waals surface area contributed by atoms with Crippen LogP contribution in [-0.2, 0) is 24.8 Å². The highest BCUT2D eigenvalue weighted by molar-refractivity contribution is 7.86. The molecule has 2 aromatic carbocycles. The molecule has 0 amide bonds. The predicted octanol–water partition coefficient (Wildman–Crippen LogP) is 3.38. The van der Waals surface area contributed by atoms with E-state index in [1.54, 1.807) is 0 Å². The van der Waals surface area contributed by atoms with Crippen LogP contribution < -0.4 is 20.5 Å². The van der Waals surface area contributed by atoms with E-state index in [-0.39, 0.29) is 22.6 Å². The summed E-state index contributed by atoms with van der Waals surface area (Å²) in [6.45, 7) is 2.57. The van der Waals surface area contributed by atoms with Crippen LogP contribution >= 0.6 is 31.5 Å². The fourth-order valence-electron chi connectivity index (χ4n) is 2.54. The van der Waals surface area contributed by atoms with Crippen LogP contribution in [0.4, 0.5) is 11.4 Å². The van der Waals surface area contributed by atoms with Crippen molar-refractivity contribution in [1.82, 2.24) is 0 Å². The van der Waals surface area contributed by atoms with Crippen LogP contribution in [0.5, 0.6) is 11.5 Å². The van der Waals surface area contributed by atoms with Gasteiger partial charge in [0.15, 0.2) is 0 Å². The predicted molar refractivity (Wildman–Crippen MR) is 110 cm³/mol. The van der Waals surface area contributed by atoms with Gasteiger partial charge in [0.2, 0.25) is 11.5 Å². The van der Waals surface area contributed by atoms with Gasteiger partial charge in [0.1, 0.15) is 19.8 Å². The van der Waals surface area contributed by atoms with E-state index < -0.39 is 59.7 Å². The highest BCUT2D eigenvalue weighted by atomic mass is 35.5. The smallest absolute Gasteiger partial charge is 0.396 e. The third-order valence-corrected chi connectivity index (χ3v) is 7.25. The molecule has 0 aliphatic heterocycles. The standard InChI is InChI=1S/C14H13Cl2N2O9PS2/c1-5-3-7(9(15)11(17)13(5)29(20,21)22)26-28(19)27-8-4-6(2)14(30(23,24)25)12(18)10(8)16/h3-4H,17-18H2,1-2H3,(H-,20,21,22,23,24,25)/p+1. The lowest BCUT2D eigenvalue weighted by molar-refractivity contribution is 0.415. The van der Waals surface area contributed by atoms with Gasteiger partial charge in [0.25, 0.3) is 20.2 Å². The minimum absolute atomic E-state index is 0.0478. The summed E-state index contributed by atoms with van der Waals surface area (Å²) in [5, 5.41) is -0.910. The number of rotatable bonds is 6. The van der Waals surface area contributed by atoms with Crippen molar-refractivity contribution < 1.29 is 39.6 Å². The highest BCUT2D eigenvalue weighted by Crippen LogP contribution is 2.44. The van der Waals surface area contributed by atoms with Gasteiger partial charge in [-0.3, -0.25) is 9.11 Å². The Labute approximate surface area is 182 Å². The monoisotopic (exact) mass is 519 g/mol. The topological polar surface area (TPSA) is 196 Å². The zero-order chi connectivity index (χ0) is 23.2. The maximum absolute atomic E-state index is 12.3. The number of hydrogen-bond acceptors (Lipinski definition) is 9. The Morgan fingerprint density at radius 3 is 1.40 bits per heavy atom. The lowest BCUT2D eigenvalue weighted by atomic mass is 10.2. The molecule has 0 aliphatic rings. The summed E-state index contributed by atoms with van der Waals surface area (Å²) in [6.07, 6.45) is 0. The maximum atomic E-state index is 12.3. The summed E-state index contributed by atoms with van der Waals surface area (Å²) >= 11 is 11.9. The number of benzene rings is 2. The first-order chi connectivity index (χ1) is 13.6. The Morgan fingerprint density at radius 2 is 1.13 bits per heavy atom. The molecule has 11 nitrogen and oxygen atoms in total. The Hall–Kier alpha value is -1.86. The molecule has 16 heteroatoms. The molecule has 0 saturated heterocycles. The van der Waals surface area contributed by atoms with Gasteiger partial charge in [0, 0.05) is 4.57 Å². The summed E-state index contributed by atoms with van der Waals surface area (Å²) in [6, 6.07) is 2.11. The molecule has 0 bridgehead atoms. The van der Waals surface area contributed by atoms with Gasteiger partial charge in [-0.25, -0.2) is 9.05 Å². The molecule has 0 spiro atoms. The molecule has 0 aliphatic carbocycles. The third-order valence-electron chi connectivity index (χ3n) is 3.67. The Balaban J connectivity index is 2.40. The first-order valence-corrected chi connectivity index (χ1v) is 12.2. The van der Waals surface area contributed by atoms with Crippen LogP contribution in [0, 0.1) is 13.8 Å². The largest absolute Gasteiger partial charge is 0.805 e. The first-order valence-electron chi connectivity index (χ1n) is 7.51. The Morgan fingerprint density at radius 1 is 0.833 bits per heavy atom. The molecule has 164 valence electrons. The van der Waals surface area contributed by atoms with Gasteiger partial charge in [-0.2, -0.15) is 16.8 Å². The molecule has 6 N–H and O–H groups in total. The van der Waals surface area contributed by atoms with Crippen molar-refractivity contribution in [2.24, 2.45) is 0 Å². The van der Waals surface area contributed by atoms with Crippen LogP contribution in [-0.4, -0.2) is 25.9 Å².